The SMILES string of the molecule is FC(F)C(F)(F)CNCCc1cccnc1. The maximum absolute atomic E-state index is 12.4. The Hall–Kier alpha value is -1.17. The first-order valence-electron chi connectivity index (χ1n) is 4.78. The molecule has 0 saturated carbocycles. The number of alkyl halides is 4. The van der Waals surface area contributed by atoms with Crippen LogP contribution >= 0.6 is 0 Å². The maximum Gasteiger partial charge on any atom is 0.319 e. The minimum Gasteiger partial charge on any atom is -0.311 e. The van der Waals surface area contributed by atoms with E-state index in [1.165, 1.54) is 0 Å². The molecule has 0 radical (unpaired) electrons. The lowest BCUT2D eigenvalue weighted by molar-refractivity contribution is -0.125. The molecule has 1 aromatic rings. The number of rotatable bonds is 6. The fourth-order valence-electron chi connectivity index (χ4n) is 1.11. The van der Waals surface area contributed by atoms with Crippen molar-refractivity contribution >= 4 is 0 Å². The Balaban J connectivity index is 2.22. The summed E-state index contributed by atoms with van der Waals surface area (Å²) < 4.78 is 48.4. The molecule has 0 saturated heterocycles. The smallest absolute Gasteiger partial charge is 0.311 e. The topological polar surface area (TPSA) is 24.9 Å². The third-order valence-electron chi connectivity index (χ3n) is 1.99. The van der Waals surface area contributed by atoms with Crippen LogP contribution in [0.4, 0.5) is 17.6 Å². The van der Waals surface area contributed by atoms with Crippen molar-refractivity contribution in [1.29, 1.82) is 0 Å². The fraction of sp³-hybridized carbons (Fsp3) is 0.500. The molecule has 0 aliphatic heterocycles. The van der Waals surface area contributed by atoms with Crippen LogP contribution in [-0.4, -0.2) is 30.4 Å². The Kier molecular flexibility index (Phi) is 4.67. The number of nitrogens with one attached hydrogen (secondary N) is 1. The first-order valence-corrected chi connectivity index (χ1v) is 4.78. The van der Waals surface area contributed by atoms with Crippen LogP contribution in [0.2, 0.25) is 0 Å². The fourth-order valence-corrected chi connectivity index (χ4v) is 1.11. The van der Waals surface area contributed by atoms with Gasteiger partial charge in [-0.2, -0.15) is 8.78 Å². The molecule has 0 amide bonds. The predicted molar refractivity (Wildman–Crippen MR) is 51.8 cm³/mol. The number of hydrogen-bond acceptors (Lipinski definition) is 2. The maximum atomic E-state index is 12.4. The third kappa shape index (κ3) is 4.14. The highest BCUT2D eigenvalue weighted by Gasteiger charge is 2.39. The van der Waals surface area contributed by atoms with Gasteiger partial charge in [0.25, 0.3) is 0 Å². The van der Waals surface area contributed by atoms with Crippen LogP contribution in [0.15, 0.2) is 24.5 Å². The van der Waals surface area contributed by atoms with Gasteiger partial charge in [-0.15, -0.1) is 0 Å². The molecule has 0 atom stereocenters. The second-order valence-electron chi connectivity index (χ2n) is 3.35. The zero-order valence-electron chi connectivity index (χ0n) is 8.47. The van der Waals surface area contributed by atoms with E-state index in [1.54, 1.807) is 24.5 Å². The molecule has 2 nitrogen and oxygen atoms in total. The molecule has 0 aromatic carbocycles. The van der Waals surface area contributed by atoms with E-state index in [4.69, 9.17) is 0 Å². The van der Waals surface area contributed by atoms with E-state index < -0.39 is 18.9 Å². The molecule has 0 aliphatic carbocycles. The van der Waals surface area contributed by atoms with Crippen molar-refractivity contribution in [2.45, 2.75) is 18.8 Å². The standard InChI is InChI=1S/C10H12F4N2/c11-9(12)10(13,14)7-16-5-3-8-2-1-4-15-6-8/h1-2,4,6,9,16H,3,5,7H2. The van der Waals surface area contributed by atoms with Gasteiger partial charge in [0.2, 0.25) is 0 Å². The zero-order chi connectivity index (χ0) is 12.0. The van der Waals surface area contributed by atoms with E-state index in [9.17, 15) is 17.6 Å². The third-order valence-corrected chi connectivity index (χ3v) is 1.99. The van der Waals surface area contributed by atoms with E-state index in [0.29, 0.717) is 6.42 Å². The van der Waals surface area contributed by atoms with Crippen LogP contribution in [0.5, 0.6) is 0 Å². The highest BCUT2D eigenvalue weighted by atomic mass is 19.3. The van der Waals surface area contributed by atoms with Crippen molar-refractivity contribution in [1.82, 2.24) is 10.3 Å². The summed E-state index contributed by atoms with van der Waals surface area (Å²) >= 11 is 0. The van der Waals surface area contributed by atoms with E-state index >= 15 is 0 Å². The number of aromatic nitrogens is 1. The molecular weight excluding hydrogens is 224 g/mol. The van der Waals surface area contributed by atoms with E-state index in [1.807, 2.05) is 0 Å². The first kappa shape index (κ1) is 12.9. The van der Waals surface area contributed by atoms with Gasteiger partial charge in [0.05, 0.1) is 6.54 Å². The minimum absolute atomic E-state index is 0.216. The van der Waals surface area contributed by atoms with Crippen molar-refractivity contribution in [2.75, 3.05) is 13.1 Å². The lowest BCUT2D eigenvalue weighted by Gasteiger charge is -2.15. The summed E-state index contributed by atoms with van der Waals surface area (Å²) in [7, 11) is 0. The monoisotopic (exact) mass is 236 g/mol. The second-order valence-corrected chi connectivity index (χ2v) is 3.35. The van der Waals surface area contributed by atoms with Gasteiger partial charge >= 0.3 is 12.3 Å². The highest BCUT2D eigenvalue weighted by Crippen LogP contribution is 2.21. The summed E-state index contributed by atoms with van der Waals surface area (Å²) in [5.41, 5.74) is 0.871. The molecule has 0 fully saturated rings. The van der Waals surface area contributed by atoms with E-state index in [2.05, 4.69) is 10.3 Å². The molecule has 0 bridgehead atoms. The van der Waals surface area contributed by atoms with Crippen LogP contribution in [0.3, 0.4) is 0 Å². The minimum atomic E-state index is -3.96. The summed E-state index contributed by atoms with van der Waals surface area (Å²) in [5.74, 6) is -3.96. The van der Waals surface area contributed by atoms with Crippen molar-refractivity contribution < 1.29 is 17.6 Å². The average molecular weight is 236 g/mol. The van der Waals surface area contributed by atoms with Crippen LogP contribution in [0.1, 0.15) is 5.56 Å². The Bertz CT molecular complexity index is 303. The van der Waals surface area contributed by atoms with Crippen LogP contribution in [0.25, 0.3) is 0 Å². The summed E-state index contributed by atoms with van der Waals surface area (Å²) in [6.07, 6.45) is 0.0560. The molecule has 0 spiro atoms. The van der Waals surface area contributed by atoms with Crippen molar-refractivity contribution in [3.05, 3.63) is 30.1 Å². The molecule has 6 heteroatoms. The number of nitrogens with zero attached hydrogens (tertiary/aromatic N) is 1. The van der Waals surface area contributed by atoms with E-state index in [0.717, 1.165) is 5.56 Å². The van der Waals surface area contributed by atoms with Gasteiger partial charge < -0.3 is 5.32 Å². The Morgan fingerprint density at radius 3 is 2.69 bits per heavy atom. The molecular formula is C10H12F4N2. The van der Waals surface area contributed by atoms with Crippen LogP contribution in [-0.2, 0) is 6.42 Å². The second kappa shape index (κ2) is 5.79. The Labute approximate surface area is 90.7 Å². The number of pyridine rings is 1. The van der Waals surface area contributed by atoms with Gasteiger partial charge in [0.15, 0.2) is 0 Å². The molecule has 0 aliphatic rings. The molecule has 0 unspecified atom stereocenters. The van der Waals surface area contributed by atoms with Crippen LogP contribution in [0, 0.1) is 0 Å². The van der Waals surface area contributed by atoms with Gasteiger partial charge in [-0.25, -0.2) is 8.78 Å². The highest BCUT2D eigenvalue weighted by molar-refractivity contribution is 5.08. The molecule has 1 rings (SSSR count). The van der Waals surface area contributed by atoms with Gasteiger partial charge in [-0.05, 0) is 24.6 Å². The van der Waals surface area contributed by atoms with Crippen molar-refractivity contribution in [2.24, 2.45) is 0 Å². The summed E-state index contributed by atoms with van der Waals surface area (Å²) in [4.78, 5) is 3.84. The largest absolute Gasteiger partial charge is 0.319 e. The van der Waals surface area contributed by atoms with Crippen LogP contribution < -0.4 is 5.32 Å². The Morgan fingerprint density at radius 1 is 1.38 bits per heavy atom. The zero-order valence-corrected chi connectivity index (χ0v) is 8.47. The number of hydrogen-bond donors (Lipinski definition) is 1. The molecule has 1 heterocycles. The summed E-state index contributed by atoms with van der Waals surface area (Å²) in [6.45, 7) is -0.793. The van der Waals surface area contributed by atoms with Gasteiger partial charge in [-0.1, -0.05) is 6.07 Å². The van der Waals surface area contributed by atoms with E-state index in [-0.39, 0.29) is 6.54 Å². The van der Waals surface area contributed by atoms with Gasteiger partial charge in [0.1, 0.15) is 0 Å². The first-order chi connectivity index (χ1) is 7.52. The Morgan fingerprint density at radius 2 is 2.12 bits per heavy atom. The van der Waals surface area contributed by atoms with Gasteiger partial charge in [-0.3, -0.25) is 4.98 Å². The lowest BCUT2D eigenvalue weighted by atomic mass is 10.2. The summed E-state index contributed by atoms with van der Waals surface area (Å²) in [5, 5.41) is 2.30. The molecule has 16 heavy (non-hydrogen) atoms. The van der Waals surface area contributed by atoms with Gasteiger partial charge in [0, 0.05) is 12.4 Å². The normalized spacial score (nSPS) is 12.1. The van der Waals surface area contributed by atoms with Crippen molar-refractivity contribution in [3.63, 3.8) is 0 Å². The quantitative estimate of drug-likeness (QED) is 0.604. The lowest BCUT2D eigenvalue weighted by Crippen LogP contribution is -2.39. The summed E-state index contributed by atoms with van der Waals surface area (Å²) in [6, 6.07) is 3.52. The average Bonchev–Trinajstić information content (AvgIpc) is 2.26. The molecule has 90 valence electrons. The molecule has 1 aromatic heterocycles. The number of halogens is 4. The predicted octanol–water partition coefficient (Wildman–Crippen LogP) is 2.11. The van der Waals surface area contributed by atoms with Crippen molar-refractivity contribution in [3.8, 4) is 0 Å². The molecule has 1 N–H and O–H groups in total.